The van der Waals surface area contributed by atoms with Crippen LogP contribution in [0.4, 0.5) is 4.11 Å². The molecule has 0 amide bonds. The molecule has 1 radical (unpaired) electrons. The maximum atomic E-state index is 12.9. The van der Waals surface area contributed by atoms with Crippen LogP contribution in [0, 0.1) is 0 Å². The Morgan fingerprint density at radius 3 is 2.22 bits per heavy atom. The molecule has 0 aliphatic rings. The molecule has 0 aliphatic heterocycles. The fraction of sp³-hybridized carbons (Fsp3) is 1.00. The SMILES string of the molecule is C[Si](C)O[Si](C)(F)CCl. The van der Waals surface area contributed by atoms with Crippen molar-refractivity contribution in [3.8, 4) is 0 Å². The van der Waals surface area contributed by atoms with Gasteiger partial charge in [-0.3, -0.25) is 4.11 Å². The van der Waals surface area contributed by atoms with Gasteiger partial charge in [0, 0.05) is 0 Å². The van der Waals surface area contributed by atoms with Gasteiger partial charge in [-0.15, -0.1) is 11.6 Å². The van der Waals surface area contributed by atoms with Gasteiger partial charge < -0.3 is 4.12 Å². The van der Waals surface area contributed by atoms with Crippen LogP contribution in [-0.2, 0) is 4.12 Å². The van der Waals surface area contributed by atoms with Crippen LogP contribution in [0.5, 0.6) is 0 Å². The number of alkyl halides is 1. The fourth-order valence-corrected chi connectivity index (χ4v) is 4.57. The quantitative estimate of drug-likeness (QED) is 0.372. The molecule has 0 aromatic rings. The molecular formula is C4H11ClFOSi2. The summed E-state index contributed by atoms with van der Waals surface area (Å²) in [5, 5.41) is 0. The van der Waals surface area contributed by atoms with Crippen molar-refractivity contribution >= 4 is 29.3 Å². The number of halogens is 2. The molecule has 0 rings (SSSR count). The van der Waals surface area contributed by atoms with E-state index in [1.165, 1.54) is 6.55 Å². The first-order valence-electron chi connectivity index (χ1n) is 2.72. The van der Waals surface area contributed by atoms with E-state index in [0.717, 1.165) is 0 Å². The molecule has 0 N–H and O–H groups in total. The minimum absolute atomic E-state index is 0.0445. The van der Waals surface area contributed by atoms with Gasteiger partial charge in [-0.25, -0.2) is 0 Å². The van der Waals surface area contributed by atoms with Gasteiger partial charge in [0.1, 0.15) is 0 Å². The Hall–Kier alpha value is 0.614. The first-order chi connectivity index (χ1) is 3.98. The Kier molecular flexibility index (Phi) is 3.95. The zero-order valence-corrected chi connectivity index (χ0v) is 8.63. The van der Waals surface area contributed by atoms with Crippen molar-refractivity contribution in [3.63, 3.8) is 0 Å². The lowest BCUT2D eigenvalue weighted by atomic mass is 11.9. The van der Waals surface area contributed by atoms with E-state index >= 15 is 0 Å². The molecule has 0 fully saturated rings. The fourth-order valence-electron chi connectivity index (χ4n) is 0.453. The monoisotopic (exact) mass is 185 g/mol. The summed E-state index contributed by atoms with van der Waals surface area (Å²) >= 11 is 5.32. The maximum Gasteiger partial charge on any atom is 0.385 e. The highest BCUT2D eigenvalue weighted by atomic mass is 35.5. The second-order valence-electron chi connectivity index (χ2n) is 2.25. The topological polar surface area (TPSA) is 9.23 Å². The molecule has 5 heteroatoms. The van der Waals surface area contributed by atoms with E-state index in [9.17, 15) is 4.11 Å². The summed E-state index contributed by atoms with van der Waals surface area (Å²) in [4.78, 5) is 0. The summed E-state index contributed by atoms with van der Waals surface area (Å²) in [6.45, 7) is 5.29. The lowest BCUT2D eigenvalue weighted by Crippen LogP contribution is -2.36. The smallest absolute Gasteiger partial charge is 0.385 e. The van der Waals surface area contributed by atoms with Gasteiger partial charge in [-0.2, -0.15) is 0 Å². The highest BCUT2D eigenvalue weighted by molar-refractivity contribution is 6.78. The average molecular weight is 186 g/mol. The summed E-state index contributed by atoms with van der Waals surface area (Å²) < 4.78 is 17.9. The average Bonchev–Trinajstić information content (AvgIpc) is 1.63. The van der Waals surface area contributed by atoms with Gasteiger partial charge in [0.15, 0.2) is 9.04 Å². The van der Waals surface area contributed by atoms with Crippen LogP contribution in [-0.4, -0.2) is 23.2 Å². The van der Waals surface area contributed by atoms with E-state index in [2.05, 4.69) is 0 Å². The number of hydrogen-bond acceptors (Lipinski definition) is 1. The van der Waals surface area contributed by atoms with Gasteiger partial charge in [0.25, 0.3) is 0 Å². The van der Waals surface area contributed by atoms with Crippen molar-refractivity contribution < 1.29 is 8.22 Å². The van der Waals surface area contributed by atoms with E-state index in [-0.39, 0.29) is 5.50 Å². The van der Waals surface area contributed by atoms with Crippen molar-refractivity contribution in [2.24, 2.45) is 0 Å². The van der Waals surface area contributed by atoms with E-state index in [4.69, 9.17) is 15.7 Å². The van der Waals surface area contributed by atoms with E-state index in [1.54, 1.807) is 0 Å². The summed E-state index contributed by atoms with van der Waals surface area (Å²) in [6, 6.07) is 0. The minimum Gasteiger partial charge on any atom is -0.432 e. The minimum atomic E-state index is -2.93. The lowest BCUT2D eigenvalue weighted by molar-refractivity contribution is 0.489. The van der Waals surface area contributed by atoms with Crippen LogP contribution in [0.25, 0.3) is 0 Å². The van der Waals surface area contributed by atoms with Crippen molar-refractivity contribution in [2.45, 2.75) is 19.6 Å². The summed E-state index contributed by atoms with van der Waals surface area (Å²) in [5.74, 6) is 0. The third-order valence-corrected chi connectivity index (χ3v) is 5.90. The Bertz CT molecular complexity index is 88.6. The predicted molar refractivity (Wildman–Crippen MR) is 42.0 cm³/mol. The van der Waals surface area contributed by atoms with Crippen LogP contribution in [0.3, 0.4) is 0 Å². The third kappa shape index (κ3) is 5.08. The molecule has 55 valence electrons. The molecule has 1 nitrogen and oxygen atoms in total. The zero-order chi connectivity index (χ0) is 7.49. The van der Waals surface area contributed by atoms with Crippen molar-refractivity contribution in [1.29, 1.82) is 0 Å². The van der Waals surface area contributed by atoms with E-state index in [1.807, 2.05) is 13.1 Å². The standard InChI is InChI=1S/C4H11ClFOSi2/c1-8(2)7-9(3,6)4-5/h4H2,1-3H3. The molecular weight excluding hydrogens is 175 g/mol. The highest BCUT2D eigenvalue weighted by Gasteiger charge is 2.29. The van der Waals surface area contributed by atoms with Gasteiger partial charge in [0.2, 0.25) is 0 Å². The Morgan fingerprint density at radius 1 is 1.67 bits per heavy atom. The maximum absolute atomic E-state index is 12.9. The third-order valence-electron chi connectivity index (χ3n) is 0.656. The van der Waals surface area contributed by atoms with Crippen LogP contribution in [0.2, 0.25) is 19.6 Å². The first-order valence-corrected chi connectivity index (χ1v) is 8.15. The molecule has 1 atom stereocenters. The Morgan fingerprint density at radius 2 is 2.11 bits per heavy atom. The van der Waals surface area contributed by atoms with E-state index in [0.29, 0.717) is 0 Å². The first kappa shape index (κ1) is 9.61. The second-order valence-corrected chi connectivity index (χ2v) is 8.15. The van der Waals surface area contributed by atoms with Gasteiger partial charge >= 0.3 is 8.65 Å². The number of hydrogen-bond donors (Lipinski definition) is 0. The molecule has 0 saturated carbocycles. The lowest BCUT2D eigenvalue weighted by Gasteiger charge is -2.16. The normalized spacial score (nSPS) is 18.0. The summed E-state index contributed by atoms with van der Waals surface area (Å²) in [5.41, 5.74) is 0.0445. The van der Waals surface area contributed by atoms with E-state index < -0.39 is 17.7 Å². The van der Waals surface area contributed by atoms with Crippen LogP contribution >= 0.6 is 11.6 Å². The second kappa shape index (κ2) is 3.70. The summed E-state index contributed by atoms with van der Waals surface area (Å²) in [7, 11) is -3.83. The molecule has 1 unspecified atom stereocenters. The van der Waals surface area contributed by atoms with Crippen LogP contribution in [0.1, 0.15) is 0 Å². The largest absolute Gasteiger partial charge is 0.432 e. The predicted octanol–water partition coefficient (Wildman–Crippen LogP) is 2.07. The van der Waals surface area contributed by atoms with Crippen molar-refractivity contribution in [2.75, 3.05) is 5.50 Å². The van der Waals surface area contributed by atoms with Crippen molar-refractivity contribution in [1.82, 2.24) is 0 Å². The van der Waals surface area contributed by atoms with Crippen LogP contribution in [0.15, 0.2) is 0 Å². The molecule has 9 heavy (non-hydrogen) atoms. The van der Waals surface area contributed by atoms with Crippen molar-refractivity contribution in [3.05, 3.63) is 0 Å². The zero-order valence-electron chi connectivity index (χ0n) is 5.87. The van der Waals surface area contributed by atoms with Crippen LogP contribution < -0.4 is 0 Å². The molecule has 0 heterocycles. The molecule has 0 aliphatic carbocycles. The molecule has 0 aromatic heterocycles. The van der Waals surface area contributed by atoms with Gasteiger partial charge in [-0.05, 0) is 19.6 Å². The Labute approximate surface area is 63.2 Å². The number of rotatable bonds is 3. The van der Waals surface area contributed by atoms with Gasteiger partial charge in [-0.1, -0.05) is 0 Å². The molecule has 0 spiro atoms. The Balaban J connectivity index is 3.58. The molecule has 0 bridgehead atoms. The molecule has 0 aromatic carbocycles. The molecule has 0 saturated heterocycles. The van der Waals surface area contributed by atoms with Gasteiger partial charge in [0.05, 0.1) is 5.50 Å². The summed E-state index contributed by atoms with van der Waals surface area (Å²) in [6.07, 6.45) is 0. The highest BCUT2D eigenvalue weighted by Crippen LogP contribution is 2.09.